The normalized spacial score (nSPS) is 39.4. The molecular formula is C17H17F3N2O4S. The van der Waals surface area contributed by atoms with Crippen molar-refractivity contribution in [2.45, 2.75) is 36.5 Å². The third-order valence-corrected chi connectivity index (χ3v) is 9.30. The maximum atomic E-state index is 13.3. The van der Waals surface area contributed by atoms with Gasteiger partial charge < -0.3 is 10.2 Å². The van der Waals surface area contributed by atoms with E-state index >= 15 is 0 Å². The van der Waals surface area contributed by atoms with Gasteiger partial charge in [-0.3, -0.25) is 4.31 Å². The summed E-state index contributed by atoms with van der Waals surface area (Å²) in [6.07, 6.45) is -6.62. The summed E-state index contributed by atoms with van der Waals surface area (Å²) in [6.45, 7) is 1.44. The van der Waals surface area contributed by atoms with Crippen molar-refractivity contribution in [3.63, 3.8) is 0 Å². The van der Waals surface area contributed by atoms with E-state index in [-0.39, 0.29) is 12.2 Å². The van der Waals surface area contributed by atoms with Gasteiger partial charge in [-0.15, -0.1) is 0 Å². The molecule has 1 aromatic rings. The summed E-state index contributed by atoms with van der Waals surface area (Å²) in [5.74, 6) is -1.58. The Hall–Kier alpha value is -1.83. The molecule has 1 heterocycles. The van der Waals surface area contributed by atoms with Crippen LogP contribution in [0.4, 0.5) is 18.9 Å². The summed E-state index contributed by atoms with van der Waals surface area (Å²) in [4.78, 5) is 0. The van der Waals surface area contributed by atoms with Crippen LogP contribution in [0.15, 0.2) is 18.2 Å². The molecule has 10 heteroatoms. The van der Waals surface area contributed by atoms with Crippen LogP contribution in [0.5, 0.6) is 0 Å². The number of benzene rings is 1. The Kier molecular flexibility index (Phi) is 3.68. The molecule has 3 aliphatic rings. The van der Waals surface area contributed by atoms with Crippen molar-refractivity contribution in [2.24, 2.45) is 17.8 Å². The zero-order chi connectivity index (χ0) is 19.9. The Labute approximate surface area is 153 Å². The van der Waals surface area contributed by atoms with Gasteiger partial charge in [-0.1, -0.05) is 0 Å². The lowest BCUT2D eigenvalue weighted by Crippen LogP contribution is -2.53. The van der Waals surface area contributed by atoms with Crippen molar-refractivity contribution in [2.75, 3.05) is 10.8 Å². The summed E-state index contributed by atoms with van der Waals surface area (Å²) in [5.41, 5.74) is -1.94. The number of sulfonamides is 1. The van der Waals surface area contributed by atoms with Crippen LogP contribution in [0, 0.1) is 29.1 Å². The second-order valence-corrected chi connectivity index (χ2v) is 9.92. The Morgan fingerprint density at radius 1 is 1.26 bits per heavy atom. The summed E-state index contributed by atoms with van der Waals surface area (Å²) in [7, 11) is -4.07. The number of rotatable bonds is 1. The van der Waals surface area contributed by atoms with E-state index in [0.29, 0.717) is 12.5 Å². The van der Waals surface area contributed by atoms with E-state index in [1.54, 1.807) is 0 Å². The molecule has 2 bridgehead atoms. The summed E-state index contributed by atoms with van der Waals surface area (Å²) in [6, 6.07) is 4.29. The van der Waals surface area contributed by atoms with Gasteiger partial charge in [-0.05, 0) is 37.5 Å². The molecule has 6 atom stereocenters. The number of halogens is 3. The molecule has 0 amide bonds. The third-order valence-electron chi connectivity index (χ3n) is 6.64. The standard InChI is InChI=1S/C17H17F3N2O4S/c1-16-12-5-10(14(23)15(12)24)13(16)7-22(27(16,25)26)9-3-2-8(6-21)11(4-9)17(18,19)20/h2-4,10,12-15,23-24H,5,7H2,1H3/t10-,12-,13-,14-,15+,16+/m0/s1. The average molecular weight is 402 g/mol. The number of nitrogens with zero attached hydrogens (tertiary/aromatic N) is 2. The summed E-state index contributed by atoms with van der Waals surface area (Å²) in [5, 5.41) is 29.2. The highest BCUT2D eigenvalue weighted by atomic mass is 32.2. The molecule has 4 rings (SSSR count). The molecule has 0 spiro atoms. The van der Waals surface area contributed by atoms with Crippen molar-refractivity contribution in [1.82, 2.24) is 0 Å². The van der Waals surface area contributed by atoms with Crippen LogP contribution in [0.2, 0.25) is 0 Å². The molecule has 146 valence electrons. The van der Waals surface area contributed by atoms with Crippen LogP contribution >= 0.6 is 0 Å². The third kappa shape index (κ3) is 2.16. The number of anilines is 1. The van der Waals surface area contributed by atoms with E-state index in [1.165, 1.54) is 19.1 Å². The second kappa shape index (κ2) is 5.37. The molecule has 1 aromatic carbocycles. The zero-order valence-electron chi connectivity index (χ0n) is 14.2. The first-order valence-corrected chi connectivity index (χ1v) is 9.88. The van der Waals surface area contributed by atoms with Gasteiger partial charge in [0.15, 0.2) is 0 Å². The highest BCUT2D eigenvalue weighted by molar-refractivity contribution is 7.94. The molecule has 27 heavy (non-hydrogen) atoms. The number of aliphatic hydroxyl groups is 2. The van der Waals surface area contributed by atoms with E-state index < -0.39 is 62.0 Å². The van der Waals surface area contributed by atoms with Crippen LogP contribution < -0.4 is 4.31 Å². The number of nitriles is 1. The number of aliphatic hydroxyl groups excluding tert-OH is 2. The van der Waals surface area contributed by atoms with Gasteiger partial charge >= 0.3 is 6.18 Å². The monoisotopic (exact) mass is 402 g/mol. The fraction of sp³-hybridized carbons (Fsp3) is 0.588. The first kappa shape index (κ1) is 18.5. The van der Waals surface area contributed by atoms with Gasteiger partial charge in [0.2, 0.25) is 10.0 Å². The molecule has 6 nitrogen and oxygen atoms in total. The van der Waals surface area contributed by atoms with Crippen molar-refractivity contribution in [3.05, 3.63) is 29.3 Å². The van der Waals surface area contributed by atoms with Gasteiger partial charge in [0.05, 0.1) is 39.8 Å². The molecule has 1 aliphatic heterocycles. The van der Waals surface area contributed by atoms with Crippen LogP contribution in [-0.4, -0.2) is 42.1 Å². The Morgan fingerprint density at radius 3 is 2.52 bits per heavy atom. The second-order valence-electron chi connectivity index (χ2n) is 7.65. The molecule has 2 saturated carbocycles. The van der Waals surface area contributed by atoms with Crippen molar-refractivity contribution in [3.8, 4) is 6.07 Å². The fourth-order valence-corrected chi connectivity index (χ4v) is 7.69. The Bertz CT molecular complexity index is 958. The lowest BCUT2D eigenvalue weighted by Gasteiger charge is -2.38. The Balaban J connectivity index is 1.81. The van der Waals surface area contributed by atoms with Crippen LogP contribution in [0.25, 0.3) is 0 Å². The topological polar surface area (TPSA) is 102 Å². The fourth-order valence-electron chi connectivity index (χ4n) is 5.22. The maximum absolute atomic E-state index is 13.3. The lowest BCUT2D eigenvalue weighted by atomic mass is 9.77. The zero-order valence-corrected chi connectivity index (χ0v) is 15.0. The van der Waals surface area contributed by atoms with Gasteiger partial charge in [0.1, 0.15) is 0 Å². The minimum Gasteiger partial charge on any atom is -0.390 e. The van der Waals surface area contributed by atoms with Crippen LogP contribution in [0.3, 0.4) is 0 Å². The molecule has 0 radical (unpaired) electrons. The molecule has 2 N–H and O–H groups in total. The molecule has 0 unspecified atom stereocenters. The molecular weight excluding hydrogens is 385 g/mol. The van der Waals surface area contributed by atoms with Gasteiger partial charge in [-0.2, -0.15) is 18.4 Å². The van der Waals surface area contributed by atoms with E-state index in [9.17, 15) is 31.8 Å². The predicted octanol–water partition coefficient (Wildman–Crippen LogP) is 1.47. The first-order chi connectivity index (χ1) is 12.4. The van der Waals surface area contributed by atoms with Crippen LogP contribution in [0.1, 0.15) is 24.5 Å². The first-order valence-electron chi connectivity index (χ1n) is 8.44. The smallest absolute Gasteiger partial charge is 0.390 e. The number of fused-ring (bicyclic) bond motifs is 5. The maximum Gasteiger partial charge on any atom is 0.417 e. The SMILES string of the molecule is C[C@@]12[C@H]3C[C@H]([C@H](O)[C@@H]3O)[C@@H]1CN(c1ccc(C#N)c(C(F)(F)F)c1)S2(=O)=O. The van der Waals surface area contributed by atoms with Gasteiger partial charge in [-0.25, -0.2) is 8.42 Å². The predicted molar refractivity (Wildman–Crippen MR) is 87.9 cm³/mol. The molecule has 0 aromatic heterocycles. The highest BCUT2D eigenvalue weighted by Gasteiger charge is 2.73. The molecule has 2 aliphatic carbocycles. The lowest BCUT2D eigenvalue weighted by molar-refractivity contribution is -0.137. The molecule has 1 saturated heterocycles. The van der Waals surface area contributed by atoms with Crippen molar-refractivity contribution in [1.29, 1.82) is 5.26 Å². The Morgan fingerprint density at radius 2 is 1.93 bits per heavy atom. The summed E-state index contributed by atoms with van der Waals surface area (Å²) < 4.78 is 65.8. The highest BCUT2D eigenvalue weighted by Crippen LogP contribution is 2.62. The van der Waals surface area contributed by atoms with Crippen molar-refractivity contribution < 1.29 is 31.8 Å². The molecule has 3 fully saturated rings. The van der Waals surface area contributed by atoms with Crippen LogP contribution in [-0.2, 0) is 16.2 Å². The number of hydrogen-bond donors (Lipinski definition) is 2. The quantitative estimate of drug-likeness (QED) is 0.741. The van der Waals surface area contributed by atoms with Gasteiger partial charge in [0, 0.05) is 18.4 Å². The van der Waals surface area contributed by atoms with E-state index in [2.05, 4.69) is 0 Å². The number of alkyl halides is 3. The van der Waals surface area contributed by atoms with Gasteiger partial charge in [0.25, 0.3) is 0 Å². The average Bonchev–Trinajstić information content (AvgIpc) is 3.13. The number of hydrogen-bond acceptors (Lipinski definition) is 5. The minimum atomic E-state index is -4.80. The van der Waals surface area contributed by atoms with Crippen molar-refractivity contribution >= 4 is 15.7 Å². The summed E-state index contributed by atoms with van der Waals surface area (Å²) >= 11 is 0. The van der Waals surface area contributed by atoms with E-state index in [1.807, 2.05) is 0 Å². The largest absolute Gasteiger partial charge is 0.417 e. The van der Waals surface area contributed by atoms with E-state index in [0.717, 1.165) is 10.4 Å². The van der Waals surface area contributed by atoms with E-state index in [4.69, 9.17) is 5.26 Å². The minimum absolute atomic E-state index is 0.0625.